The van der Waals surface area contributed by atoms with Crippen molar-refractivity contribution in [1.29, 1.82) is 10.5 Å². The van der Waals surface area contributed by atoms with Gasteiger partial charge in [0.15, 0.2) is 0 Å². The molecule has 2 rings (SSSR count). The van der Waals surface area contributed by atoms with Crippen LogP contribution in [-0.2, 0) is 0 Å². The van der Waals surface area contributed by atoms with Crippen molar-refractivity contribution in [1.82, 2.24) is 0 Å². The Hall–Kier alpha value is -3.44. The summed E-state index contributed by atoms with van der Waals surface area (Å²) in [5, 5.41) is 25.8. The van der Waals surface area contributed by atoms with E-state index in [9.17, 15) is 0 Å². The average molecular weight is 301 g/mol. The lowest BCUT2D eigenvalue weighted by Gasteiger charge is -2.11. The maximum atomic E-state index is 8.73. The molecule has 0 heterocycles. The number of benzene rings is 2. The van der Waals surface area contributed by atoms with Crippen LogP contribution in [0.5, 0.6) is 0 Å². The van der Waals surface area contributed by atoms with Gasteiger partial charge in [0.1, 0.15) is 17.7 Å². The maximum Gasteiger partial charge on any atom is 0.130 e. The van der Waals surface area contributed by atoms with Gasteiger partial charge >= 0.3 is 0 Å². The largest absolute Gasteiger partial charge is 0.378 e. The molecule has 5 nitrogen and oxygen atoms in total. The van der Waals surface area contributed by atoms with Gasteiger partial charge in [-0.1, -0.05) is 12.1 Å². The molecule has 5 heteroatoms. The highest BCUT2D eigenvalue weighted by Gasteiger charge is 1.97. The van der Waals surface area contributed by atoms with Crippen molar-refractivity contribution in [2.24, 2.45) is 10.2 Å². The van der Waals surface area contributed by atoms with E-state index < -0.39 is 0 Å². The van der Waals surface area contributed by atoms with E-state index in [0.717, 1.165) is 16.9 Å². The third-order valence-electron chi connectivity index (χ3n) is 3.09. The van der Waals surface area contributed by atoms with Crippen LogP contribution in [-0.4, -0.2) is 14.1 Å². The van der Waals surface area contributed by atoms with Crippen molar-refractivity contribution in [2.45, 2.75) is 0 Å². The molecule has 0 N–H and O–H groups in total. The van der Waals surface area contributed by atoms with Gasteiger partial charge in [0.25, 0.3) is 0 Å². The zero-order valence-electron chi connectivity index (χ0n) is 12.9. The first-order valence-corrected chi connectivity index (χ1v) is 6.93. The number of allylic oxidation sites excluding steroid dienone is 1. The van der Waals surface area contributed by atoms with Gasteiger partial charge in [0, 0.05) is 19.8 Å². The van der Waals surface area contributed by atoms with Gasteiger partial charge in [-0.3, -0.25) is 0 Å². The molecule has 0 bridgehead atoms. The first-order valence-electron chi connectivity index (χ1n) is 6.93. The summed E-state index contributed by atoms with van der Waals surface area (Å²) >= 11 is 0. The van der Waals surface area contributed by atoms with Crippen molar-refractivity contribution in [3.63, 3.8) is 0 Å². The van der Waals surface area contributed by atoms with E-state index in [0.29, 0.717) is 5.69 Å². The van der Waals surface area contributed by atoms with Gasteiger partial charge in [-0.2, -0.15) is 20.8 Å². The molecule has 0 aliphatic rings. The summed E-state index contributed by atoms with van der Waals surface area (Å²) in [5.74, 6) is 0. The van der Waals surface area contributed by atoms with Crippen molar-refractivity contribution in [2.75, 3.05) is 19.0 Å². The lowest BCUT2D eigenvalue weighted by Crippen LogP contribution is -2.07. The monoisotopic (exact) mass is 301 g/mol. The van der Waals surface area contributed by atoms with Crippen LogP contribution in [0, 0.1) is 22.7 Å². The molecule has 2 aromatic carbocycles. The molecule has 112 valence electrons. The highest BCUT2D eigenvalue weighted by Crippen LogP contribution is 2.21. The van der Waals surface area contributed by atoms with E-state index in [1.54, 1.807) is 24.3 Å². The summed E-state index contributed by atoms with van der Waals surface area (Å²) in [5.41, 5.74) is 3.42. The smallest absolute Gasteiger partial charge is 0.130 e. The minimum Gasteiger partial charge on any atom is -0.378 e. The number of nitriles is 2. The lowest BCUT2D eigenvalue weighted by atomic mass is 10.1. The molecular formula is C18H15N5. The molecule has 0 saturated carbocycles. The normalized spacial score (nSPS) is 9.91. The van der Waals surface area contributed by atoms with Crippen LogP contribution in [0.1, 0.15) is 5.56 Å². The van der Waals surface area contributed by atoms with Gasteiger partial charge in [0.05, 0.1) is 11.4 Å². The molecule has 23 heavy (non-hydrogen) atoms. The SMILES string of the molecule is CN(C)c1ccc(N=Nc2ccc(C=C(C#N)C#N)cc2)cc1. The zero-order chi connectivity index (χ0) is 16.7. The molecule has 0 amide bonds. The number of rotatable bonds is 4. The standard InChI is InChI=1S/C18H15N5/c1-23(2)18-9-7-17(8-10-18)22-21-16-5-3-14(4-6-16)11-15(12-19)13-20/h3-11H,1-2H3. The fraction of sp³-hybridized carbons (Fsp3) is 0.111. The van der Waals surface area contributed by atoms with E-state index >= 15 is 0 Å². The first-order chi connectivity index (χ1) is 11.1. The van der Waals surface area contributed by atoms with E-state index in [2.05, 4.69) is 10.2 Å². The molecule has 0 radical (unpaired) electrons. The number of hydrogen-bond acceptors (Lipinski definition) is 5. The van der Waals surface area contributed by atoms with Crippen molar-refractivity contribution in [3.05, 3.63) is 59.7 Å². The van der Waals surface area contributed by atoms with Gasteiger partial charge in [-0.15, -0.1) is 0 Å². The average Bonchev–Trinajstić information content (AvgIpc) is 2.59. The second-order valence-corrected chi connectivity index (χ2v) is 4.98. The predicted molar refractivity (Wildman–Crippen MR) is 90.6 cm³/mol. The minimum absolute atomic E-state index is 0.0698. The van der Waals surface area contributed by atoms with Gasteiger partial charge in [-0.25, -0.2) is 0 Å². The molecule has 0 aliphatic carbocycles. The minimum atomic E-state index is 0.0698. The Balaban J connectivity index is 2.10. The lowest BCUT2D eigenvalue weighted by molar-refractivity contribution is 1.13. The molecule has 0 aliphatic heterocycles. The summed E-state index contributed by atoms with van der Waals surface area (Å²) in [6.07, 6.45) is 1.53. The highest BCUT2D eigenvalue weighted by atomic mass is 15.1. The summed E-state index contributed by atoms with van der Waals surface area (Å²) in [7, 11) is 3.97. The molecular weight excluding hydrogens is 286 g/mol. The van der Waals surface area contributed by atoms with Crippen LogP contribution in [0.25, 0.3) is 6.08 Å². The zero-order valence-corrected chi connectivity index (χ0v) is 12.9. The Morgan fingerprint density at radius 1 is 0.870 bits per heavy atom. The van der Waals surface area contributed by atoms with Crippen molar-refractivity contribution >= 4 is 23.1 Å². The van der Waals surface area contributed by atoms with Crippen LogP contribution in [0.4, 0.5) is 17.1 Å². The fourth-order valence-corrected chi connectivity index (χ4v) is 1.83. The number of nitrogens with zero attached hydrogens (tertiary/aromatic N) is 5. The number of anilines is 1. The second-order valence-electron chi connectivity index (χ2n) is 4.98. The summed E-state index contributed by atoms with van der Waals surface area (Å²) in [4.78, 5) is 2.02. The Morgan fingerprint density at radius 2 is 1.35 bits per heavy atom. The number of azo groups is 1. The molecule has 0 spiro atoms. The quantitative estimate of drug-likeness (QED) is 0.611. The highest BCUT2D eigenvalue weighted by molar-refractivity contribution is 5.63. The Kier molecular flexibility index (Phi) is 5.22. The van der Waals surface area contributed by atoms with Crippen LogP contribution < -0.4 is 4.90 Å². The van der Waals surface area contributed by atoms with E-state index in [1.807, 2.05) is 55.4 Å². The summed E-state index contributed by atoms with van der Waals surface area (Å²) in [6, 6.07) is 18.6. The van der Waals surface area contributed by atoms with Crippen LogP contribution in [0.2, 0.25) is 0 Å². The molecule has 0 atom stereocenters. The Labute approximate surface area is 135 Å². The first kappa shape index (κ1) is 15.9. The topological polar surface area (TPSA) is 75.5 Å². The Bertz CT molecular complexity index is 784. The van der Waals surface area contributed by atoms with Crippen molar-refractivity contribution in [3.8, 4) is 12.1 Å². The van der Waals surface area contributed by atoms with E-state index in [1.165, 1.54) is 6.08 Å². The molecule has 2 aromatic rings. The van der Waals surface area contributed by atoms with Gasteiger partial charge in [-0.05, 0) is 48.0 Å². The van der Waals surface area contributed by atoms with Gasteiger partial charge < -0.3 is 4.90 Å². The Morgan fingerprint density at radius 3 is 1.78 bits per heavy atom. The van der Waals surface area contributed by atoms with E-state index in [-0.39, 0.29) is 5.57 Å². The van der Waals surface area contributed by atoms with Crippen molar-refractivity contribution < 1.29 is 0 Å². The van der Waals surface area contributed by atoms with Crippen LogP contribution in [0.15, 0.2) is 64.3 Å². The van der Waals surface area contributed by atoms with E-state index in [4.69, 9.17) is 10.5 Å². The summed E-state index contributed by atoms with van der Waals surface area (Å²) < 4.78 is 0. The second kappa shape index (κ2) is 7.53. The predicted octanol–water partition coefficient (Wildman–Crippen LogP) is 4.60. The number of hydrogen-bond donors (Lipinski definition) is 0. The molecule has 0 saturated heterocycles. The molecule has 0 unspecified atom stereocenters. The third kappa shape index (κ3) is 4.52. The molecule has 0 fully saturated rings. The van der Waals surface area contributed by atoms with Gasteiger partial charge in [0.2, 0.25) is 0 Å². The van der Waals surface area contributed by atoms with Crippen LogP contribution in [0.3, 0.4) is 0 Å². The maximum absolute atomic E-state index is 8.73. The third-order valence-corrected chi connectivity index (χ3v) is 3.09. The van der Waals surface area contributed by atoms with Crippen LogP contribution >= 0.6 is 0 Å². The summed E-state index contributed by atoms with van der Waals surface area (Å²) in [6.45, 7) is 0. The fourth-order valence-electron chi connectivity index (χ4n) is 1.83. The molecule has 0 aromatic heterocycles.